The van der Waals surface area contributed by atoms with Crippen molar-refractivity contribution >= 4 is 5.91 Å². The molecule has 0 atom stereocenters. The van der Waals surface area contributed by atoms with Crippen molar-refractivity contribution in [3.63, 3.8) is 0 Å². The molecule has 2 aliphatic rings. The van der Waals surface area contributed by atoms with Crippen LogP contribution in [-0.2, 0) is 22.4 Å². The minimum Gasteiger partial charge on any atom is -0.474 e. The number of carbonyl (C=O) groups excluding carboxylic acids is 1. The molecule has 0 saturated carbocycles. The number of nitrogens with zero attached hydrogens (tertiary/aromatic N) is 3. The fraction of sp³-hybridized carbons (Fsp3) is 0.762. The monoisotopic (exact) mass is 375 g/mol. The van der Waals surface area contributed by atoms with Gasteiger partial charge in [0.15, 0.2) is 0 Å². The van der Waals surface area contributed by atoms with Gasteiger partial charge in [-0.15, -0.1) is 0 Å². The number of ether oxygens (including phenoxy) is 2. The molecule has 3 heterocycles. The van der Waals surface area contributed by atoms with E-state index in [1.54, 1.807) is 0 Å². The Morgan fingerprint density at radius 2 is 1.85 bits per heavy atom. The maximum absolute atomic E-state index is 12.3. The van der Waals surface area contributed by atoms with E-state index in [1.165, 1.54) is 0 Å². The SMILES string of the molecule is CC(C)CC(=O)N1CCC(Oc2nc(C(C)C)nc3c2CCOCC3)CC1. The molecule has 27 heavy (non-hydrogen) atoms. The van der Waals surface area contributed by atoms with Crippen molar-refractivity contribution in [1.29, 1.82) is 0 Å². The number of fused-ring (bicyclic) bond motifs is 1. The van der Waals surface area contributed by atoms with Gasteiger partial charge in [-0.05, 0) is 5.92 Å². The molecule has 0 spiro atoms. The van der Waals surface area contributed by atoms with Crippen LogP contribution in [0.3, 0.4) is 0 Å². The minimum atomic E-state index is 0.108. The van der Waals surface area contributed by atoms with Gasteiger partial charge in [-0.3, -0.25) is 4.79 Å². The van der Waals surface area contributed by atoms with Crippen LogP contribution >= 0.6 is 0 Å². The number of amides is 1. The molecular weight excluding hydrogens is 342 g/mol. The largest absolute Gasteiger partial charge is 0.474 e. The van der Waals surface area contributed by atoms with E-state index in [9.17, 15) is 4.79 Å². The van der Waals surface area contributed by atoms with Gasteiger partial charge in [0.05, 0.1) is 18.9 Å². The second kappa shape index (κ2) is 9.00. The van der Waals surface area contributed by atoms with Crippen LogP contribution in [0, 0.1) is 5.92 Å². The second-order valence-corrected chi connectivity index (χ2v) is 8.38. The average Bonchev–Trinajstić information content (AvgIpc) is 2.87. The van der Waals surface area contributed by atoms with Crippen molar-refractivity contribution in [2.75, 3.05) is 26.3 Å². The van der Waals surface area contributed by atoms with E-state index in [0.29, 0.717) is 25.6 Å². The van der Waals surface area contributed by atoms with Crippen LogP contribution in [0.4, 0.5) is 0 Å². The van der Waals surface area contributed by atoms with Crippen LogP contribution in [0.15, 0.2) is 0 Å². The molecule has 3 rings (SSSR count). The van der Waals surface area contributed by atoms with Crippen molar-refractivity contribution in [1.82, 2.24) is 14.9 Å². The van der Waals surface area contributed by atoms with Crippen LogP contribution in [0.2, 0.25) is 0 Å². The molecule has 6 nitrogen and oxygen atoms in total. The molecule has 1 saturated heterocycles. The zero-order valence-electron chi connectivity index (χ0n) is 17.2. The van der Waals surface area contributed by atoms with Crippen molar-refractivity contribution in [3.8, 4) is 5.88 Å². The zero-order chi connectivity index (χ0) is 19.4. The van der Waals surface area contributed by atoms with Gasteiger partial charge in [-0.2, -0.15) is 4.98 Å². The first-order chi connectivity index (χ1) is 12.9. The molecule has 1 aromatic heterocycles. The Bertz CT molecular complexity index is 652. The summed E-state index contributed by atoms with van der Waals surface area (Å²) in [4.78, 5) is 23.8. The van der Waals surface area contributed by atoms with Gasteiger partial charge in [-0.1, -0.05) is 27.7 Å². The highest BCUT2D eigenvalue weighted by Crippen LogP contribution is 2.28. The Hall–Kier alpha value is -1.69. The van der Waals surface area contributed by atoms with Crippen LogP contribution in [0.5, 0.6) is 5.88 Å². The Morgan fingerprint density at radius 1 is 1.15 bits per heavy atom. The predicted molar refractivity (Wildman–Crippen MR) is 104 cm³/mol. The normalized spacial score (nSPS) is 18.5. The average molecular weight is 376 g/mol. The molecule has 2 aliphatic heterocycles. The Balaban J connectivity index is 1.69. The molecule has 0 aromatic carbocycles. The lowest BCUT2D eigenvalue weighted by Crippen LogP contribution is -2.42. The van der Waals surface area contributed by atoms with Crippen molar-refractivity contribution in [3.05, 3.63) is 17.1 Å². The van der Waals surface area contributed by atoms with Crippen LogP contribution in [0.1, 0.15) is 70.0 Å². The molecule has 0 radical (unpaired) electrons. The van der Waals surface area contributed by atoms with Gasteiger partial charge in [0, 0.05) is 56.7 Å². The number of carbonyl (C=O) groups is 1. The minimum absolute atomic E-state index is 0.108. The van der Waals surface area contributed by atoms with Gasteiger partial charge >= 0.3 is 0 Å². The van der Waals surface area contributed by atoms with Crippen LogP contribution < -0.4 is 4.74 Å². The third-order valence-electron chi connectivity index (χ3n) is 5.22. The molecule has 6 heteroatoms. The molecule has 150 valence electrons. The number of aromatic nitrogens is 2. The predicted octanol–water partition coefficient (Wildman–Crippen LogP) is 3.13. The standard InChI is InChI=1S/C21H33N3O3/c1-14(2)13-19(25)24-9-5-16(6-10-24)27-21-17-7-11-26-12-8-18(17)22-20(23-21)15(3)4/h14-16H,5-13H2,1-4H3. The van der Waals surface area contributed by atoms with E-state index >= 15 is 0 Å². The Labute approximate surface area is 162 Å². The van der Waals surface area contributed by atoms with Crippen LogP contribution in [-0.4, -0.2) is 53.2 Å². The number of likely N-dealkylation sites (tertiary alicyclic amines) is 1. The topological polar surface area (TPSA) is 64.6 Å². The van der Waals surface area contributed by atoms with Crippen molar-refractivity contribution in [2.24, 2.45) is 5.92 Å². The van der Waals surface area contributed by atoms with E-state index < -0.39 is 0 Å². The van der Waals surface area contributed by atoms with Gasteiger partial charge in [-0.25, -0.2) is 4.98 Å². The first kappa shape index (κ1) is 20.1. The summed E-state index contributed by atoms with van der Waals surface area (Å²) in [5.74, 6) is 2.51. The summed E-state index contributed by atoms with van der Waals surface area (Å²) in [6.45, 7) is 11.3. The van der Waals surface area contributed by atoms with Crippen LogP contribution in [0.25, 0.3) is 0 Å². The second-order valence-electron chi connectivity index (χ2n) is 8.38. The van der Waals surface area contributed by atoms with Crippen molar-refractivity contribution < 1.29 is 14.3 Å². The quantitative estimate of drug-likeness (QED) is 0.791. The Kier molecular flexibility index (Phi) is 6.68. The summed E-state index contributed by atoms with van der Waals surface area (Å²) >= 11 is 0. The molecule has 0 aliphatic carbocycles. The van der Waals surface area contributed by atoms with E-state index in [0.717, 1.165) is 61.7 Å². The van der Waals surface area contributed by atoms with Gasteiger partial charge in [0.1, 0.15) is 11.9 Å². The molecule has 0 unspecified atom stereocenters. The molecule has 0 bridgehead atoms. The molecule has 1 fully saturated rings. The fourth-order valence-corrected chi connectivity index (χ4v) is 3.64. The first-order valence-electron chi connectivity index (χ1n) is 10.4. The summed E-state index contributed by atoms with van der Waals surface area (Å²) in [5.41, 5.74) is 2.18. The lowest BCUT2D eigenvalue weighted by Gasteiger charge is -2.33. The van der Waals surface area contributed by atoms with Gasteiger partial charge in [0.25, 0.3) is 0 Å². The van der Waals surface area contributed by atoms with Gasteiger partial charge < -0.3 is 14.4 Å². The summed E-state index contributed by atoms with van der Waals surface area (Å²) in [6, 6.07) is 0. The molecule has 0 N–H and O–H groups in total. The molecule has 1 aromatic rings. The fourth-order valence-electron chi connectivity index (χ4n) is 3.64. The van der Waals surface area contributed by atoms with Gasteiger partial charge in [0.2, 0.25) is 11.8 Å². The van der Waals surface area contributed by atoms with Crippen molar-refractivity contribution in [2.45, 2.75) is 71.8 Å². The maximum atomic E-state index is 12.3. The Morgan fingerprint density at radius 3 is 2.52 bits per heavy atom. The third kappa shape index (κ3) is 5.18. The summed E-state index contributed by atoms with van der Waals surface area (Å²) in [6.07, 6.45) is 4.07. The van der Waals surface area contributed by atoms with E-state index in [-0.39, 0.29) is 17.9 Å². The molecule has 1 amide bonds. The maximum Gasteiger partial charge on any atom is 0.222 e. The van der Waals surface area contributed by atoms with E-state index in [4.69, 9.17) is 19.4 Å². The van der Waals surface area contributed by atoms with E-state index in [1.807, 2.05) is 4.90 Å². The first-order valence-corrected chi connectivity index (χ1v) is 10.4. The third-order valence-corrected chi connectivity index (χ3v) is 5.22. The lowest BCUT2D eigenvalue weighted by molar-refractivity contribution is -0.133. The lowest BCUT2D eigenvalue weighted by atomic mass is 10.0. The highest BCUT2D eigenvalue weighted by molar-refractivity contribution is 5.76. The smallest absolute Gasteiger partial charge is 0.222 e. The summed E-state index contributed by atoms with van der Waals surface area (Å²) in [5, 5.41) is 0. The number of rotatable bonds is 5. The molecular formula is C21H33N3O3. The number of hydrogen-bond acceptors (Lipinski definition) is 5. The zero-order valence-corrected chi connectivity index (χ0v) is 17.2. The highest BCUT2D eigenvalue weighted by Gasteiger charge is 2.27. The van der Waals surface area contributed by atoms with E-state index in [2.05, 4.69) is 27.7 Å². The summed E-state index contributed by atoms with van der Waals surface area (Å²) < 4.78 is 12.0. The number of piperidine rings is 1. The number of hydrogen-bond donors (Lipinski definition) is 0. The summed E-state index contributed by atoms with van der Waals surface area (Å²) in [7, 11) is 0. The highest BCUT2D eigenvalue weighted by atomic mass is 16.5.